The smallest absolute Gasteiger partial charge is 0.310 e. The molecule has 2 amide bonds. The number of benzene rings is 1. The molecule has 1 aliphatic heterocycles. The van der Waals surface area contributed by atoms with Gasteiger partial charge in [0.15, 0.2) is 0 Å². The highest BCUT2D eigenvalue weighted by molar-refractivity contribution is 6.42. The SMILES string of the molecule is CCOC(=O)C1CCCN(C(=O)CN(C)C(=O)CCCOc2cccc(Cl)c2Cl)C1. The monoisotopic (exact) mass is 458 g/mol. The highest BCUT2D eigenvalue weighted by Gasteiger charge is 2.30. The maximum Gasteiger partial charge on any atom is 0.310 e. The van der Waals surface area contributed by atoms with E-state index in [1.54, 1.807) is 37.1 Å². The molecule has 0 aromatic heterocycles. The molecule has 0 spiro atoms. The van der Waals surface area contributed by atoms with Gasteiger partial charge in [-0.25, -0.2) is 0 Å². The first kappa shape index (κ1) is 24.3. The number of likely N-dealkylation sites (tertiary alicyclic amines) is 1. The molecule has 0 N–H and O–H groups in total. The molecule has 0 radical (unpaired) electrons. The van der Waals surface area contributed by atoms with Crippen LogP contribution in [0.15, 0.2) is 18.2 Å². The van der Waals surface area contributed by atoms with Crippen molar-refractivity contribution in [3.8, 4) is 5.75 Å². The van der Waals surface area contributed by atoms with Crippen LogP contribution in [0.2, 0.25) is 10.0 Å². The summed E-state index contributed by atoms with van der Waals surface area (Å²) in [6, 6.07) is 5.12. The molecule has 1 saturated heterocycles. The van der Waals surface area contributed by atoms with Crippen LogP contribution < -0.4 is 4.74 Å². The summed E-state index contributed by atoms with van der Waals surface area (Å²) in [4.78, 5) is 39.9. The van der Waals surface area contributed by atoms with Crippen molar-refractivity contribution in [3.63, 3.8) is 0 Å². The molecule has 7 nitrogen and oxygen atoms in total. The molecular weight excluding hydrogens is 431 g/mol. The number of hydrogen-bond acceptors (Lipinski definition) is 5. The fourth-order valence-electron chi connectivity index (χ4n) is 3.24. The Bertz CT molecular complexity index is 759. The first-order chi connectivity index (χ1) is 14.3. The zero-order valence-electron chi connectivity index (χ0n) is 17.4. The number of hydrogen-bond donors (Lipinski definition) is 0. The number of likely N-dealkylation sites (N-methyl/N-ethyl adjacent to an activating group) is 1. The maximum absolute atomic E-state index is 12.6. The molecule has 0 saturated carbocycles. The summed E-state index contributed by atoms with van der Waals surface area (Å²) in [5.41, 5.74) is 0. The number of rotatable bonds is 9. The zero-order chi connectivity index (χ0) is 22.1. The largest absolute Gasteiger partial charge is 0.492 e. The lowest BCUT2D eigenvalue weighted by Crippen LogP contribution is -2.47. The number of carbonyl (C=O) groups excluding carboxylic acids is 3. The van der Waals surface area contributed by atoms with E-state index in [0.29, 0.717) is 54.9 Å². The first-order valence-electron chi connectivity index (χ1n) is 10.1. The third-order valence-corrected chi connectivity index (χ3v) is 5.70. The van der Waals surface area contributed by atoms with Crippen LogP contribution in [0.4, 0.5) is 0 Å². The summed E-state index contributed by atoms with van der Waals surface area (Å²) in [6.07, 6.45) is 2.19. The summed E-state index contributed by atoms with van der Waals surface area (Å²) >= 11 is 12.0. The quantitative estimate of drug-likeness (QED) is 0.418. The molecule has 30 heavy (non-hydrogen) atoms. The molecule has 1 aromatic carbocycles. The number of piperidine rings is 1. The standard InChI is InChI=1S/C21H28Cl2N2O5/c1-3-29-21(28)15-7-5-11-25(13-15)19(27)14-24(2)18(26)10-6-12-30-17-9-4-8-16(22)20(17)23/h4,8-9,15H,3,5-7,10-14H2,1-2H3. The van der Waals surface area contributed by atoms with E-state index in [1.165, 1.54) is 4.90 Å². The molecule has 1 fully saturated rings. The first-order valence-corrected chi connectivity index (χ1v) is 10.8. The number of carbonyl (C=O) groups is 3. The van der Waals surface area contributed by atoms with E-state index in [1.807, 2.05) is 0 Å². The Morgan fingerprint density at radius 3 is 2.77 bits per heavy atom. The minimum atomic E-state index is -0.292. The van der Waals surface area contributed by atoms with Crippen LogP contribution in [0.25, 0.3) is 0 Å². The minimum absolute atomic E-state index is 0.0185. The Morgan fingerprint density at radius 2 is 2.03 bits per heavy atom. The molecule has 0 bridgehead atoms. The van der Waals surface area contributed by atoms with Gasteiger partial charge < -0.3 is 19.3 Å². The lowest BCUT2D eigenvalue weighted by molar-refractivity contribution is -0.152. The summed E-state index contributed by atoms with van der Waals surface area (Å²) in [5.74, 6) is -0.398. The highest BCUT2D eigenvalue weighted by atomic mass is 35.5. The molecular formula is C21H28Cl2N2O5. The molecule has 1 aromatic rings. The Kier molecular flexibility index (Phi) is 9.72. The van der Waals surface area contributed by atoms with Crippen LogP contribution in [-0.4, -0.2) is 67.5 Å². The van der Waals surface area contributed by atoms with Gasteiger partial charge in [0.2, 0.25) is 11.8 Å². The van der Waals surface area contributed by atoms with E-state index >= 15 is 0 Å². The molecule has 2 rings (SSSR count). The molecule has 1 unspecified atom stereocenters. The van der Waals surface area contributed by atoms with Crippen LogP contribution in [0, 0.1) is 5.92 Å². The molecule has 1 heterocycles. The van der Waals surface area contributed by atoms with Crippen molar-refractivity contribution in [1.29, 1.82) is 0 Å². The predicted molar refractivity (Wildman–Crippen MR) is 115 cm³/mol. The molecule has 9 heteroatoms. The van der Waals surface area contributed by atoms with E-state index < -0.39 is 0 Å². The van der Waals surface area contributed by atoms with Crippen LogP contribution >= 0.6 is 23.2 Å². The van der Waals surface area contributed by atoms with Crippen molar-refractivity contribution in [3.05, 3.63) is 28.2 Å². The Labute approximate surface area is 187 Å². The van der Waals surface area contributed by atoms with Gasteiger partial charge in [-0.2, -0.15) is 0 Å². The highest BCUT2D eigenvalue weighted by Crippen LogP contribution is 2.31. The van der Waals surface area contributed by atoms with Crippen LogP contribution in [0.5, 0.6) is 5.75 Å². The van der Waals surface area contributed by atoms with Gasteiger partial charge in [0.25, 0.3) is 0 Å². The molecule has 1 atom stereocenters. The predicted octanol–water partition coefficient (Wildman–Crippen LogP) is 3.41. The Morgan fingerprint density at radius 1 is 1.27 bits per heavy atom. The lowest BCUT2D eigenvalue weighted by atomic mass is 9.98. The third-order valence-electron chi connectivity index (χ3n) is 4.90. The van der Waals surface area contributed by atoms with Crippen molar-refractivity contribution < 1.29 is 23.9 Å². The van der Waals surface area contributed by atoms with Gasteiger partial charge in [-0.1, -0.05) is 29.3 Å². The van der Waals surface area contributed by atoms with Crippen molar-refractivity contribution in [2.45, 2.75) is 32.6 Å². The van der Waals surface area contributed by atoms with E-state index in [4.69, 9.17) is 32.7 Å². The number of nitrogens with zero attached hydrogens (tertiary/aromatic N) is 2. The van der Waals surface area contributed by atoms with Gasteiger partial charge >= 0.3 is 5.97 Å². The van der Waals surface area contributed by atoms with E-state index in [9.17, 15) is 14.4 Å². The van der Waals surface area contributed by atoms with E-state index in [-0.39, 0.29) is 36.7 Å². The summed E-state index contributed by atoms with van der Waals surface area (Å²) < 4.78 is 10.6. The van der Waals surface area contributed by atoms with Crippen molar-refractivity contribution in [1.82, 2.24) is 9.80 Å². The fourth-order valence-corrected chi connectivity index (χ4v) is 3.59. The van der Waals surface area contributed by atoms with Crippen LogP contribution in [0.3, 0.4) is 0 Å². The van der Waals surface area contributed by atoms with Gasteiger partial charge in [-0.3, -0.25) is 14.4 Å². The topological polar surface area (TPSA) is 76.2 Å². The second-order valence-electron chi connectivity index (χ2n) is 7.18. The van der Waals surface area contributed by atoms with E-state index in [0.717, 1.165) is 6.42 Å². The average Bonchev–Trinajstić information content (AvgIpc) is 2.74. The van der Waals surface area contributed by atoms with Gasteiger partial charge in [0, 0.05) is 26.6 Å². The zero-order valence-corrected chi connectivity index (χ0v) is 18.9. The molecule has 1 aliphatic rings. The number of ether oxygens (including phenoxy) is 2. The van der Waals surface area contributed by atoms with Crippen LogP contribution in [-0.2, 0) is 19.1 Å². The van der Waals surface area contributed by atoms with Crippen molar-refractivity contribution in [2.75, 3.05) is 39.9 Å². The average molecular weight is 459 g/mol. The normalized spacial score (nSPS) is 16.1. The van der Waals surface area contributed by atoms with Crippen molar-refractivity contribution >= 4 is 41.0 Å². The Balaban J connectivity index is 1.73. The summed E-state index contributed by atoms with van der Waals surface area (Å²) in [5, 5.41) is 0.752. The number of amides is 2. The van der Waals surface area contributed by atoms with Crippen molar-refractivity contribution in [2.24, 2.45) is 5.92 Å². The second kappa shape index (κ2) is 12.0. The van der Waals surface area contributed by atoms with Gasteiger partial charge in [-0.15, -0.1) is 0 Å². The third kappa shape index (κ3) is 7.06. The minimum Gasteiger partial charge on any atom is -0.492 e. The number of esters is 1. The summed E-state index contributed by atoms with van der Waals surface area (Å²) in [7, 11) is 1.60. The van der Waals surface area contributed by atoms with Crippen LogP contribution in [0.1, 0.15) is 32.6 Å². The maximum atomic E-state index is 12.6. The molecule has 166 valence electrons. The summed E-state index contributed by atoms with van der Waals surface area (Å²) in [6.45, 7) is 3.31. The van der Waals surface area contributed by atoms with E-state index in [2.05, 4.69) is 0 Å². The van der Waals surface area contributed by atoms with Gasteiger partial charge in [-0.05, 0) is 38.3 Å². The second-order valence-corrected chi connectivity index (χ2v) is 7.97. The Hall–Kier alpha value is -1.99. The van der Waals surface area contributed by atoms with Gasteiger partial charge in [0.05, 0.1) is 30.7 Å². The fraction of sp³-hybridized carbons (Fsp3) is 0.571. The number of halogens is 2. The lowest BCUT2D eigenvalue weighted by Gasteiger charge is -2.32. The van der Waals surface area contributed by atoms with Gasteiger partial charge in [0.1, 0.15) is 10.8 Å². The molecule has 0 aliphatic carbocycles.